The Morgan fingerprint density at radius 1 is 0.348 bits per heavy atom. The van der Waals surface area contributed by atoms with Crippen LogP contribution in [-0.2, 0) is 32.7 Å². The quantitative estimate of drug-likeness (QED) is 0.0211. The van der Waals surface area contributed by atoms with Gasteiger partial charge in [-0.3, -0.25) is 18.6 Å². The minimum Gasteiger partial charge on any atom is -0.462 e. The number of hydrogen-bond acceptors (Lipinski definition) is 7. The Kier molecular flexibility index (Phi) is 70.7. The van der Waals surface area contributed by atoms with Crippen LogP contribution in [0.15, 0.2) is 72.9 Å². The van der Waals surface area contributed by atoms with Gasteiger partial charge < -0.3 is 18.9 Å². The molecule has 9 nitrogen and oxygen atoms in total. The number of phosphoric ester groups is 1. The third-order valence-corrected chi connectivity index (χ3v) is 18.7. The van der Waals surface area contributed by atoms with E-state index < -0.39 is 26.5 Å². The molecule has 538 valence electrons. The number of allylic oxidation sites excluding steroid dienone is 12. The highest BCUT2D eigenvalue weighted by molar-refractivity contribution is 7.47. The topological polar surface area (TPSA) is 108 Å². The maximum Gasteiger partial charge on any atom is 0.472 e. The molecule has 10 heteroatoms. The molecule has 2 unspecified atom stereocenters. The van der Waals surface area contributed by atoms with Gasteiger partial charge in [0.1, 0.15) is 19.8 Å². The van der Waals surface area contributed by atoms with Gasteiger partial charge in [0.05, 0.1) is 27.7 Å². The lowest BCUT2D eigenvalue weighted by Crippen LogP contribution is -2.37. The Morgan fingerprint density at radius 2 is 0.620 bits per heavy atom. The van der Waals surface area contributed by atoms with Crippen LogP contribution in [0.3, 0.4) is 0 Å². The summed E-state index contributed by atoms with van der Waals surface area (Å²) in [6.45, 7) is 4.39. The van der Waals surface area contributed by atoms with E-state index in [0.29, 0.717) is 23.9 Å². The normalized spacial score (nSPS) is 13.4. The highest BCUT2D eigenvalue weighted by atomic mass is 31.2. The minimum atomic E-state index is -4.39. The number of ether oxygens (including phenoxy) is 2. The minimum absolute atomic E-state index is 0.0337. The molecule has 0 aromatic heterocycles. The fourth-order valence-corrected chi connectivity index (χ4v) is 12.5. The van der Waals surface area contributed by atoms with Crippen molar-refractivity contribution in [2.24, 2.45) is 0 Å². The molecule has 0 heterocycles. The van der Waals surface area contributed by atoms with E-state index in [-0.39, 0.29) is 25.6 Å². The number of quaternary nitrogens is 1. The number of hydrogen-bond donors (Lipinski definition) is 1. The van der Waals surface area contributed by atoms with E-state index in [2.05, 4.69) is 86.8 Å². The van der Waals surface area contributed by atoms with Crippen molar-refractivity contribution in [3.8, 4) is 0 Å². The van der Waals surface area contributed by atoms with E-state index in [0.717, 1.165) is 70.6 Å². The van der Waals surface area contributed by atoms with Crippen LogP contribution < -0.4 is 0 Å². The molecular weight excluding hydrogens is 1160 g/mol. The van der Waals surface area contributed by atoms with E-state index in [9.17, 15) is 19.0 Å². The zero-order valence-electron chi connectivity index (χ0n) is 61.5. The van der Waals surface area contributed by atoms with Crippen molar-refractivity contribution in [1.29, 1.82) is 0 Å². The van der Waals surface area contributed by atoms with Crippen molar-refractivity contribution >= 4 is 19.8 Å². The van der Waals surface area contributed by atoms with Crippen LogP contribution in [0.4, 0.5) is 0 Å². The molecule has 0 aliphatic carbocycles. The molecule has 0 spiro atoms. The summed E-state index contributed by atoms with van der Waals surface area (Å²) >= 11 is 0. The summed E-state index contributed by atoms with van der Waals surface area (Å²) in [7, 11) is 1.50. The van der Waals surface area contributed by atoms with Gasteiger partial charge in [0.25, 0.3) is 0 Å². The van der Waals surface area contributed by atoms with Gasteiger partial charge in [0.2, 0.25) is 0 Å². The van der Waals surface area contributed by atoms with Gasteiger partial charge in [-0.15, -0.1) is 0 Å². The van der Waals surface area contributed by atoms with Crippen molar-refractivity contribution in [1.82, 2.24) is 0 Å². The van der Waals surface area contributed by atoms with E-state index in [1.54, 1.807) is 0 Å². The molecule has 0 rings (SSSR count). The molecule has 0 aromatic carbocycles. The lowest BCUT2D eigenvalue weighted by molar-refractivity contribution is -0.870. The Morgan fingerprint density at radius 3 is 0.924 bits per heavy atom. The fraction of sp³-hybridized carbons (Fsp3) is 0.829. The van der Waals surface area contributed by atoms with Crippen molar-refractivity contribution in [3.05, 3.63) is 72.9 Å². The maximum absolute atomic E-state index is 12.9. The zero-order valence-corrected chi connectivity index (χ0v) is 62.4. The Labute approximate surface area is 571 Å². The highest BCUT2D eigenvalue weighted by Gasteiger charge is 2.27. The van der Waals surface area contributed by atoms with Crippen LogP contribution >= 0.6 is 7.82 Å². The third kappa shape index (κ3) is 76.5. The first kappa shape index (κ1) is 89.5. The number of esters is 2. The summed E-state index contributed by atoms with van der Waals surface area (Å²) in [6.07, 6.45) is 99.1. The van der Waals surface area contributed by atoms with Crippen LogP contribution in [0, 0.1) is 0 Å². The molecular formula is C82H153NO8P+. The van der Waals surface area contributed by atoms with E-state index in [1.807, 2.05) is 21.1 Å². The predicted octanol–water partition coefficient (Wildman–Crippen LogP) is 26.3. The largest absolute Gasteiger partial charge is 0.472 e. The molecule has 0 bridgehead atoms. The van der Waals surface area contributed by atoms with Crippen LogP contribution in [0.25, 0.3) is 0 Å². The Bertz CT molecular complexity index is 1780. The molecule has 0 saturated carbocycles. The zero-order chi connectivity index (χ0) is 66.9. The second-order valence-corrected chi connectivity index (χ2v) is 29.5. The highest BCUT2D eigenvalue weighted by Crippen LogP contribution is 2.43. The standard InChI is InChI=1S/C82H152NO8P/c1-6-8-10-12-14-16-18-20-22-24-26-28-30-32-34-36-37-38-39-40-41-42-43-44-45-47-49-51-53-55-57-59-61-63-65-67-69-71-73-75-82(85)91-80(79-90-92(86,87)89-77-76-83(3,4)5)78-88-81(84)74-72-70-68-66-64-62-60-58-56-54-52-50-48-46-35-33-31-29-27-25-23-21-19-17-15-13-11-9-7-2/h8,10,14,16,20,22,26,28,32,34,37-38,80H,6-7,9,11-13,15,17-19,21,23-25,27,29-31,33,35-36,39-79H2,1-5H3/p+1/b10-8-,16-14-,22-20-,28-26-,34-32-,38-37-. The average Bonchev–Trinajstić information content (AvgIpc) is 2.14. The summed E-state index contributed by atoms with van der Waals surface area (Å²) < 4.78 is 34.8. The summed E-state index contributed by atoms with van der Waals surface area (Å²) in [4.78, 5) is 36.0. The van der Waals surface area contributed by atoms with Crippen LogP contribution in [0.1, 0.15) is 386 Å². The number of rotatable bonds is 74. The number of carbonyl (C=O) groups is 2. The van der Waals surface area contributed by atoms with Gasteiger partial charge in [0, 0.05) is 12.8 Å². The summed E-state index contributed by atoms with van der Waals surface area (Å²) in [5.74, 6) is -0.775. The van der Waals surface area contributed by atoms with Crippen molar-refractivity contribution < 1.29 is 42.1 Å². The fourth-order valence-electron chi connectivity index (χ4n) is 11.7. The first-order valence-electron chi connectivity index (χ1n) is 39.7. The van der Waals surface area contributed by atoms with E-state index in [1.165, 1.54) is 283 Å². The van der Waals surface area contributed by atoms with Gasteiger partial charge >= 0.3 is 19.8 Å². The third-order valence-electron chi connectivity index (χ3n) is 17.8. The van der Waals surface area contributed by atoms with E-state index >= 15 is 0 Å². The van der Waals surface area contributed by atoms with Crippen LogP contribution in [0.2, 0.25) is 0 Å². The van der Waals surface area contributed by atoms with Crippen molar-refractivity contribution in [3.63, 3.8) is 0 Å². The predicted molar refractivity (Wildman–Crippen MR) is 399 cm³/mol. The molecule has 0 aliphatic rings. The molecule has 92 heavy (non-hydrogen) atoms. The Balaban J connectivity index is 3.93. The monoisotopic (exact) mass is 1310 g/mol. The smallest absolute Gasteiger partial charge is 0.462 e. The van der Waals surface area contributed by atoms with Gasteiger partial charge in [0.15, 0.2) is 6.10 Å². The Hall–Kier alpha value is -2.55. The lowest BCUT2D eigenvalue weighted by Gasteiger charge is -2.24. The maximum atomic E-state index is 12.9. The number of nitrogens with zero attached hydrogens (tertiary/aromatic N) is 1. The van der Waals surface area contributed by atoms with Crippen molar-refractivity contribution in [2.75, 3.05) is 47.5 Å². The SMILES string of the molecule is CC/C=C\C/C=C\C/C=C\C/C=C\C/C=C\C/C=C\CCCCCCCCCCCCCCCCCCCCCCC(=O)OC(COC(=O)CCCCCCCCCCCCCCCCCCCCCCCCCCCCCCC)COP(=O)(O)OCC[N+](C)(C)C. The van der Waals surface area contributed by atoms with Crippen LogP contribution in [0.5, 0.6) is 0 Å². The number of phosphoric acid groups is 1. The summed E-state index contributed by atoms with van der Waals surface area (Å²) in [5, 5.41) is 0. The summed E-state index contributed by atoms with van der Waals surface area (Å²) in [6, 6.07) is 0. The second kappa shape index (κ2) is 72.7. The van der Waals surface area contributed by atoms with Gasteiger partial charge in [-0.25, -0.2) is 4.57 Å². The number of carbonyl (C=O) groups excluding carboxylic acids is 2. The average molecular weight is 1310 g/mol. The van der Waals surface area contributed by atoms with Gasteiger partial charge in [-0.05, 0) is 64.2 Å². The van der Waals surface area contributed by atoms with Gasteiger partial charge in [-0.1, -0.05) is 382 Å². The van der Waals surface area contributed by atoms with E-state index in [4.69, 9.17) is 18.5 Å². The molecule has 0 fully saturated rings. The lowest BCUT2D eigenvalue weighted by atomic mass is 10.0. The van der Waals surface area contributed by atoms with Crippen molar-refractivity contribution in [2.45, 2.75) is 392 Å². The molecule has 2 atom stereocenters. The first-order chi connectivity index (χ1) is 45.0. The summed E-state index contributed by atoms with van der Waals surface area (Å²) in [5.41, 5.74) is 0. The first-order valence-corrected chi connectivity index (χ1v) is 41.2. The molecule has 0 aliphatic heterocycles. The van der Waals surface area contributed by atoms with Gasteiger partial charge in [-0.2, -0.15) is 0 Å². The molecule has 0 amide bonds. The molecule has 0 radical (unpaired) electrons. The molecule has 0 saturated heterocycles. The second-order valence-electron chi connectivity index (χ2n) is 28.1. The van der Waals surface area contributed by atoms with Crippen LogP contribution in [-0.4, -0.2) is 74.9 Å². The number of likely N-dealkylation sites (N-methyl/N-ethyl adjacent to an activating group) is 1. The molecule has 0 aromatic rings. The number of unbranched alkanes of at least 4 members (excludes halogenated alkanes) is 48. The molecule has 1 N–H and O–H groups in total.